The van der Waals surface area contributed by atoms with E-state index in [9.17, 15) is 5.26 Å². The van der Waals surface area contributed by atoms with Crippen LogP contribution in [0.2, 0.25) is 0 Å². The van der Waals surface area contributed by atoms with Gasteiger partial charge in [-0.15, -0.1) is 0 Å². The molecule has 4 aliphatic rings. The summed E-state index contributed by atoms with van der Waals surface area (Å²) in [6, 6.07) is 4.50. The highest BCUT2D eigenvalue weighted by molar-refractivity contribution is 5.28. The third kappa shape index (κ3) is 1.77. The topological polar surface area (TPSA) is 47.6 Å². The molecule has 0 radical (unpaired) electrons. The standard InChI is InChI=1S/C15H18N2/c16-3-1-2-12(9-17)15-13-5-10-4-11(7-13)8-14(15)6-10/h2,10-11,13-15H,1,4-8H2/b12-2+. The number of rotatable bonds is 2. The van der Waals surface area contributed by atoms with Gasteiger partial charge in [0.25, 0.3) is 0 Å². The van der Waals surface area contributed by atoms with Crippen molar-refractivity contribution in [1.29, 1.82) is 10.5 Å². The molecule has 0 spiro atoms. The lowest BCUT2D eigenvalue weighted by atomic mass is 9.50. The van der Waals surface area contributed by atoms with Gasteiger partial charge in [-0.25, -0.2) is 0 Å². The van der Waals surface area contributed by atoms with Gasteiger partial charge in [0.15, 0.2) is 0 Å². The summed E-state index contributed by atoms with van der Waals surface area (Å²) in [5.41, 5.74) is 0.917. The fraction of sp³-hybridized carbons (Fsp3) is 0.733. The third-order valence-electron chi connectivity index (χ3n) is 5.13. The van der Waals surface area contributed by atoms with Crippen LogP contribution in [0.5, 0.6) is 0 Å². The van der Waals surface area contributed by atoms with E-state index >= 15 is 0 Å². The van der Waals surface area contributed by atoms with Crippen molar-refractivity contribution in [3.8, 4) is 12.1 Å². The normalized spacial score (nSPS) is 43.2. The number of nitriles is 2. The Bertz CT molecular complexity index is 393. The van der Waals surface area contributed by atoms with Crippen molar-refractivity contribution < 1.29 is 0 Å². The number of hydrogen-bond donors (Lipinski definition) is 0. The minimum absolute atomic E-state index is 0.395. The molecule has 0 heterocycles. The lowest BCUT2D eigenvalue weighted by Gasteiger charge is -2.54. The summed E-state index contributed by atoms with van der Waals surface area (Å²) in [6.45, 7) is 0. The molecule has 0 atom stereocenters. The molecule has 4 saturated carbocycles. The molecule has 0 aliphatic heterocycles. The molecule has 0 N–H and O–H groups in total. The maximum Gasteiger partial charge on any atom is 0.0947 e. The highest BCUT2D eigenvalue weighted by Crippen LogP contribution is 2.58. The van der Waals surface area contributed by atoms with Crippen molar-refractivity contribution in [1.82, 2.24) is 0 Å². The fourth-order valence-corrected chi connectivity index (χ4v) is 4.84. The van der Waals surface area contributed by atoms with Crippen molar-refractivity contribution >= 4 is 0 Å². The van der Waals surface area contributed by atoms with Gasteiger partial charge >= 0.3 is 0 Å². The Balaban J connectivity index is 1.84. The largest absolute Gasteiger partial charge is 0.198 e. The summed E-state index contributed by atoms with van der Waals surface area (Å²) in [5.74, 6) is 3.88. The summed E-state index contributed by atoms with van der Waals surface area (Å²) in [6.07, 6.45) is 9.07. The molecule has 0 aromatic rings. The van der Waals surface area contributed by atoms with E-state index in [0.29, 0.717) is 12.3 Å². The molecule has 0 aromatic carbocycles. The maximum absolute atomic E-state index is 9.31. The first-order valence-corrected chi connectivity index (χ1v) is 6.79. The smallest absolute Gasteiger partial charge is 0.0947 e. The van der Waals surface area contributed by atoms with Crippen molar-refractivity contribution in [3.05, 3.63) is 11.6 Å². The molecule has 0 saturated heterocycles. The van der Waals surface area contributed by atoms with Gasteiger partial charge in [0.2, 0.25) is 0 Å². The van der Waals surface area contributed by atoms with Crippen LogP contribution in [-0.2, 0) is 0 Å². The SMILES string of the molecule is N#CC/C=C(\C#N)C1C2CC3CC(C2)CC1C3. The second-order valence-electron chi connectivity index (χ2n) is 6.09. The van der Waals surface area contributed by atoms with Crippen molar-refractivity contribution in [3.63, 3.8) is 0 Å². The van der Waals surface area contributed by atoms with E-state index in [4.69, 9.17) is 5.26 Å². The van der Waals surface area contributed by atoms with Crippen LogP contribution in [0.4, 0.5) is 0 Å². The van der Waals surface area contributed by atoms with Crippen LogP contribution >= 0.6 is 0 Å². The quantitative estimate of drug-likeness (QED) is 0.677. The Kier molecular flexibility index (Phi) is 2.67. The van der Waals surface area contributed by atoms with Crippen molar-refractivity contribution in [2.45, 2.75) is 38.5 Å². The van der Waals surface area contributed by atoms with Crippen LogP contribution in [0.3, 0.4) is 0 Å². The van der Waals surface area contributed by atoms with Crippen molar-refractivity contribution in [2.24, 2.45) is 29.6 Å². The summed E-state index contributed by atoms with van der Waals surface area (Å²) < 4.78 is 0. The first-order valence-electron chi connectivity index (χ1n) is 6.79. The van der Waals surface area contributed by atoms with Gasteiger partial charge in [-0.05, 0) is 61.7 Å². The van der Waals surface area contributed by atoms with Gasteiger partial charge in [0.05, 0.1) is 18.6 Å². The van der Waals surface area contributed by atoms with Gasteiger partial charge in [-0.3, -0.25) is 0 Å². The van der Waals surface area contributed by atoms with Gasteiger partial charge in [-0.1, -0.05) is 6.08 Å². The molecule has 2 heteroatoms. The Morgan fingerprint density at radius 1 is 1.00 bits per heavy atom. The highest BCUT2D eigenvalue weighted by Gasteiger charge is 2.49. The third-order valence-corrected chi connectivity index (χ3v) is 5.13. The molecule has 4 aliphatic carbocycles. The number of nitrogens with zero attached hydrogens (tertiary/aromatic N) is 2. The van der Waals surface area contributed by atoms with Crippen LogP contribution in [0, 0.1) is 52.3 Å². The minimum Gasteiger partial charge on any atom is -0.198 e. The van der Waals surface area contributed by atoms with E-state index in [-0.39, 0.29) is 0 Å². The second kappa shape index (κ2) is 4.19. The van der Waals surface area contributed by atoms with E-state index in [2.05, 4.69) is 12.1 Å². The van der Waals surface area contributed by atoms with Crippen molar-refractivity contribution in [2.75, 3.05) is 0 Å². The Morgan fingerprint density at radius 3 is 2.06 bits per heavy atom. The first-order chi connectivity index (χ1) is 8.31. The molecule has 0 unspecified atom stereocenters. The molecule has 2 nitrogen and oxygen atoms in total. The zero-order valence-electron chi connectivity index (χ0n) is 10.1. The van der Waals surface area contributed by atoms with Gasteiger partial charge in [-0.2, -0.15) is 10.5 Å². The maximum atomic E-state index is 9.31. The monoisotopic (exact) mass is 226 g/mol. The van der Waals surface area contributed by atoms with E-state index < -0.39 is 0 Å². The number of hydrogen-bond acceptors (Lipinski definition) is 2. The molecular formula is C15H18N2. The predicted molar refractivity (Wildman–Crippen MR) is 64.5 cm³/mol. The van der Waals surface area contributed by atoms with Crippen LogP contribution in [0.15, 0.2) is 11.6 Å². The second-order valence-corrected chi connectivity index (χ2v) is 6.09. The van der Waals surface area contributed by atoms with Gasteiger partial charge in [0.1, 0.15) is 0 Å². The zero-order valence-corrected chi connectivity index (χ0v) is 10.1. The fourth-order valence-electron chi connectivity index (χ4n) is 4.84. The summed E-state index contributed by atoms with van der Waals surface area (Å²) in [4.78, 5) is 0. The molecule has 17 heavy (non-hydrogen) atoms. The Hall–Kier alpha value is -1.28. The summed E-state index contributed by atoms with van der Waals surface area (Å²) in [7, 11) is 0. The zero-order chi connectivity index (χ0) is 11.8. The minimum atomic E-state index is 0.395. The van der Waals surface area contributed by atoms with E-state index in [1.165, 1.54) is 32.1 Å². The lowest BCUT2D eigenvalue weighted by molar-refractivity contribution is -0.0192. The van der Waals surface area contributed by atoms with E-state index in [0.717, 1.165) is 29.2 Å². The molecule has 4 fully saturated rings. The van der Waals surface area contributed by atoms with Gasteiger partial charge in [0, 0.05) is 5.57 Å². The molecule has 0 amide bonds. The molecular weight excluding hydrogens is 208 g/mol. The molecule has 88 valence electrons. The summed E-state index contributed by atoms with van der Waals surface area (Å²) in [5, 5.41) is 18.0. The van der Waals surface area contributed by atoms with E-state index in [1.54, 1.807) is 0 Å². The molecule has 4 rings (SSSR count). The highest BCUT2D eigenvalue weighted by atomic mass is 14.5. The average Bonchev–Trinajstić information content (AvgIpc) is 2.31. The van der Waals surface area contributed by atoms with Crippen LogP contribution in [-0.4, -0.2) is 0 Å². The average molecular weight is 226 g/mol. The van der Waals surface area contributed by atoms with Crippen LogP contribution in [0.25, 0.3) is 0 Å². The Morgan fingerprint density at radius 2 is 1.59 bits per heavy atom. The predicted octanol–water partition coefficient (Wildman–Crippen LogP) is 3.42. The first kappa shape index (κ1) is 10.8. The Labute approximate surface area is 103 Å². The van der Waals surface area contributed by atoms with Crippen LogP contribution < -0.4 is 0 Å². The summed E-state index contributed by atoms with van der Waals surface area (Å²) >= 11 is 0. The molecule has 0 aromatic heterocycles. The number of allylic oxidation sites excluding steroid dienone is 2. The molecule has 4 bridgehead atoms. The van der Waals surface area contributed by atoms with Crippen LogP contribution in [0.1, 0.15) is 38.5 Å². The van der Waals surface area contributed by atoms with Gasteiger partial charge < -0.3 is 0 Å². The lowest BCUT2D eigenvalue weighted by Crippen LogP contribution is -2.45. The van der Waals surface area contributed by atoms with E-state index in [1.807, 2.05) is 6.08 Å².